The summed E-state index contributed by atoms with van der Waals surface area (Å²) in [6.45, 7) is 2.30. The Morgan fingerprint density at radius 2 is 2.11 bits per heavy atom. The molecule has 1 unspecified atom stereocenters. The number of hydrogen-bond acceptors (Lipinski definition) is 0. The van der Waals surface area contributed by atoms with Crippen molar-refractivity contribution in [3.8, 4) is 0 Å². The van der Waals surface area contributed by atoms with E-state index in [1.165, 1.54) is 12.2 Å². The van der Waals surface area contributed by atoms with Crippen LogP contribution in [0, 0.1) is 5.92 Å². The summed E-state index contributed by atoms with van der Waals surface area (Å²) in [7, 11) is -0.296. The molecule has 54 valence electrons. The lowest BCUT2D eigenvalue weighted by molar-refractivity contribution is 0.699. The van der Waals surface area contributed by atoms with E-state index in [2.05, 4.69) is 30.9 Å². The molecular weight excluding hydrogens is 128 g/mol. The topological polar surface area (TPSA) is 0 Å². The first-order valence-electron chi connectivity index (χ1n) is 3.49. The molecule has 0 saturated heterocycles. The molecule has 1 aliphatic rings. The Morgan fingerprint density at radius 1 is 1.44 bits per heavy atom. The Hall–Kier alpha value is 0.0900. The van der Waals surface area contributed by atoms with Crippen LogP contribution in [-0.2, 0) is 0 Å². The second-order valence-corrected chi connectivity index (χ2v) is 7.35. The van der Waals surface area contributed by atoms with Crippen molar-refractivity contribution in [3.63, 3.8) is 0 Å². The summed E-state index contributed by atoms with van der Waals surface area (Å²) in [6, 6.07) is 0. The van der Waals surface area contributed by atoms with Crippen molar-refractivity contribution >= 4 is 10.0 Å². The summed E-state index contributed by atoms with van der Waals surface area (Å²) in [5.74, 6) is 2.27. The maximum Gasteiger partial charge on any atom is -0.0193 e. The summed E-state index contributed by atoms with van der Waals surface area (Å²) in [5, 5.41) is 2.43. The standard InChI is InChI=1S/C8H16S/c1-8-4-6-9(2,3)7-5-8/h4,6,8H,5,7H2,1-3H3. The largest absolute Gasteiger partial charge is 0.227 e. The zero-order valence-corrected chi connectivity index (χ0v) is 7.37. The molecule has 0 N–H and O–H groups in total. The minimum absolute atomic E-state index is 0.296. The molecule has 1 rings (SSSR count). The molecule has 0 fully saturated rings. The van der Waals surface area contributed by atoms with E-state index in [1.807, 2.05) is 0 Å². The number of allylic oxidation sites excluding steroid dienone is 1. The fourth-order valence-electron chi connectivity index (χ4n) is 1.00. The highest BCUT2D eigenvalue weighted by atomic mass is 32.3. The lowest BCUT2D eigenvalue weighted by Crippen LogP contribution is -2.07. The van der Waals surface area contributed by atoms with Crippen molar-refractivity contribution in [1.82, 2.24) is 0 Å². The van der Waals surface area contributed by atoms with Gasteiger partial charge in [-0.25, -0.2) is 10.0 Å². The average Bonchev–Trinajstić information content (AvgIpc) is 1.78. The summed E-state index contributed by atoms with van der Waals surface area (Å²) >= 11 is 0. The van der Waals surface area contributed by atoms with Crippen LogP contribution in [0.3, 0.4) is 0 Å². The number of rotatable bonds is 0. The van der Waals surface area contributed by atoms with E-state index in [4.69, 9.17) is 0 Å². The second-order valence-electron chi connectivity index (χ2n) is 3.42. The van der Waals surface area contributed by atoms with Gasteiger partial charge in [-0.3, -0.25) is 0 Å². The van der Waals surface area contributed by atoms with Gasteiger partial charge < -0.3 is 0 Å². The molecule has 9 heavy (non-hydrogen) atoms. The van der Waals surface area contributed by atoms with Crippen LogP contribution in [0.1, 0.15) is 13.3 Å². The van der Waals surface area contributed by atoms with Crippen molar-refractivity contribution in [2.75, 3.05) is 18.3 Å². The van der Waals surface area contributed by atoms with Crippen LogP contribution >= 0.6 is 10.0 Å². The first kappa shape index (κ1) is 7.20. The predicted molar refractivity (Wildman–Crippen MR) is 47.2 cm³/mol. The molecule has 0 aromatic rings. The molecular formula is C8H16S. The zero-order valence-electron chi connectivity index (χ0n) is 6.55. The molecule has 0 nitrogen and oxygen atoms in total. The Kier molecular flexibility index (Phi) is 1.90. The van der Waals surface area contributed by atoms with Gasteiger partial charge in [-0.15, -0.1) is 0 Å². The fourth-order valence-corrected chi connectivity index (χ4v) is 2.81. The SMILES string of the molecule is CC1C=CS(C)(C)CC1. The van der Waals surface area contributed by atoms with E-state index >= 15 is 0 Å². The summed E-state index contributed by atoms with van der Waals surface area (Å²) in [6.07, 6.45) is 8.54. The average molecular weight is 144 g/mol. The van der Waals surface area contributed by atoms with E-state index in [1.54, 1.807) is 0 Å². The molecule has 0 spiro atoms. The van der Waals surface area contributed by atoms with Gasteiger partial charge in [0.25, 0.3) is 0 Å². The summed E-state index contributed by atoms with van der Waals surface area (Å²) in [4.78, 5) is 0. The van der Waals surface area contributed by atoms with Gasteiger partial charge in [0, 0.05) is 0 Å². The lowest BCUT2D eigenvalue weighted by atomic mass is 10.1. The Labute approximate surface area is 59.7 Å². The van der Waals surface area contributed by atoms with Crippen LogP contribution < -0.4 is 0 Å². The van der Waals surface area contributed by atoms with Gasteiger partial charge >= 0.3 is 0 Å². The van der Waals surface area contributed by atoms with E-state index in [0.29, 0.717) is 0 Å². The van der Waals surface area contributed by atoms with Gasteiger partial charge in [-0.05, 0) is 30.6 Å². The van der Waals surface area contributed by atoms with Gasteiger partial charge in [0.05, 0.1) is 0 Å². The molecule has 1 atom stereocenters. The maximum absolute atomic E-state index is 2.43. The van der Waals surface area contributed by atoms with E-state index in [9.17, 15) is 0 Å². The Bertz CT molecular complexity index is 125. The van der Waals surface area contributed by atoms with E-state index in [-0.39, 0.29) is 10.0 Å². The van der Waals surface area contributed by atoms with Crippen LogP contribution in [0.15, 0.2) is 11.5 Å². The van der Waals surface area contributed by atoms with E-state index in [0.717, 1.165) is 5.92 Å². The molecule has 0 aliphatic carbocycles. The third kappa shape index (κ3) is 2.05. The maximum atomic E-state index is 2.43. The lowest BCUT2D eigenvalue weighted by Gasteiger charge is -2.32. The molecule has 0 aromatic carbocycles. The predicted octanol–water partition coefficient (Wildman–Crippen LogP) is 2.60. The van der Waals surface area contributed by atoms with Crippen molar-refractivity contribution in [2.24, 2.45) is 5.92 Å². The molecule has 0 bridgehead atoms. The van der Waals surface area contributed by atoms with Gasteiger partial charge in [0.2, 0.25) is 0 Å². The summed E-state index contributed by atoms with van der Waals surface area (Å²) in [5.41, 5.74) is 0. The Balaban J connectivity index is 2.58. The Morgan fingerprint density at radius 3 is 2.44 bits per heavy atom. The minimum Gasteiger partial charge on any atom is -0.227 e. The first-order chi connectivity index (χ1) is 4.10. The van der Waals surface area contributed by atoms with Crippen molar-refractivity contribution in [1.29, 1.82) is 0 Å². The van der Waals surface area contributed by atoms with Gasteiger partial charge in [0.15, 0.2) is 0 Å². The molecule has 0 amide bonds. The van der Waals surface area contributed by atoms with Crippen molar-refractivity contribution in [3.05, 3.63) is 11.5 Å². The normalized spacial score (nSPS) is 36.1. The quantitative estimate of drug-likeness (QED) is 0.490. The molecule has 1 heterocycles. The second kappa shape index (κ2) is 2.37. The zero-order chi connectivity index (χ0) is 6.91. The molecule has 1 aliphatic heterocycles. The van der Waals surface area contributed by atoms with Gasteiger partial charge in [-0.1, -0.05) is 18.4 Å². The molecule has 1 heteroatoms. The van der Waals surface area contributed by atoms with Crippen molar-refractivity contribution in [2.45, 2.75) is 13.3 Å². The molecule has 0 radical (unpaired) electrons. The van der Waals surface area contributed by atoms with Crippen LogP contribution in [0.25, 0.3) is 0 Å². The molecule has 0 saturated carbocycles. The van der Waals surface area contributed by atoms with Crippen molar-refractivity contribution < 1.29 is 0 Å². The first-order valence-corrected chi connectivity index (χ1v) is 6.17. The van der Waals surface area contributed by atoms with Gasteiger partial charge in [-0.2, -0.15) is 0 Å². The number of hydrogen-bond donors (Lipinski definition) is 0. The van der Waals surface area contributed by atoms with Crippen LogP contribution in [-0.4, -0.2) is 18.3 Å². The highest BCUT2D eigenvalue weighted by Crippen LogP contribution is 2.45. The smallest absolute Gasteiger partial charge is 0.0193 e. The third-order valence-electron chi connectivity index (χ3n) is 1.87. The monoisotopic (exact) mass is 144 g/mol. The molecule has 0 aromatic heterocycles. The third-order valence-corrected chi connectivity index (χ3v) is 4.06. The highest BCUT2D eigenvalue weighted by Gasteiger charge is 2.13. The van der Waals surface area contributed by atoms with Crippen LogP contribution in [0.2, 0.25) is 0 Å². The van der Waals surface area contributed by atoms with E-state index < -0.39 is 0 Å². The van der Waals surface area contributed by atoms with Gasteiger partial charge in [0.1, 0.15) is 0 Å². The summed E-state index contributed by atoms with van der Waals surface area (Å²) < 4.78 is 0. The minimum atomic E-state index is -0.296. The van der Waals surface area contributed by atoms with Crippen LogP contribution in [0.5, 0.6) is 0 Å². The van der Waals surface area contributed by atoms with Crippen LogP contribution in [0.4, 0.5) is 0 Å². The fraction of sp³-hybridized carbons (Fsp3) is 0.750. The highest BCUT2D eigenvalue weighted by molar-refractivity contribution is 8.35.